The van der Waals surface area contributed by atoms with Crippen molar-refractivity contribution in [1.82, 2.24) is 16.2 Å². The van der Waals surface area contributed by atoms with E-state index in [1.807, 2.05) is 48.5 Å². The number of amides is 1. The molecule has 1 fully saturated rings. The van der Waals surface area contributed by atoms with Gasteiger partial charge in [0.15, 0.2) is 0 Å². The third kappa shape index (κ3) is 4.00. The normalized spacial score (nSPS) is 14.7. The van der Waals surface area contributed by atoms with Crippen molar-refractivity contribution in [2.45, 2.75) is 18.9 Å². The molecule has 1 aliphatic rings. The second-order valence-corrected chi connectivity index (χ2v) is 6.02. The molecule has 0 atom stereocenters. The first-order valence-electron chi connectivity index (χ1n) is 8.29. The van der Waals surface area contributed by atoms with Gasteiger partial charge in [-0.1, -0.05) is 42.5 Å². The summed E-state index contributed by atoms with van der Waals surface area (Å²) in [4.78, 5) is 12.5. The van der Waals surface area contributed by atoms with Gasteiger partial charge in [-0.3, -0.25) is 15.6 Å². The van der Waals surface area contributed by atoms with E-state index in [4.69, 9.17) is 0 Å². The Kier molecular flexibility index (Phi) is 5.59. The number of aliphatic hydroxyl groups is 1. The van der Waals surface area contributed by atoms with Gasteiger partial charge in [-0.05, 0) is 29.2 Å². The fourth-order valence-electron chi connectivity index (χ4n) is 2.99. The van der Waals surface area contributed by atoms with Gasteiger partial charge in [0.2, 0.25) is 0 Å². The molecular weight excluding hydrogens is 302 g/mol. The Morgan fingerprint density at radius 2 is 1.88 bits per heavy atom. The number of aliphatic hydroxyl groups excluding tert-OH is 1. The number of carbonyl (C=O) groups excluding carboxylic acids is 1. The first-order valence-corrected chi connectivity index (χ1v) is 8.29. The van der Waals surface area contributed by atoms with Crippen molar-refractivity contribution >= 4 is 5.91 Å². The smallest absolute Gasteiger partial charge is 0.251 e. The number of benzene rings is 2. The van der Waals surface area contributed by atoms with Crippen molar-refractivity contribution in [2.24, 2.45) is 0 Å². The lowest BCUT2D eigenvalue weighted by Crippen LogP contribution is -2.24. The molecule has 0 saturated carbocycles. The topological polar surface area (TPSA) is 73.4 Å². The van der Waals surface area contributed by atoms with Crippen molar-refractivity contribution in [1.29, 1.82) is 0 Å². The number of hydrogen-bond donors (Lipinski definition) is 4. The SMILES string of the molecule is O=C(NCc1ccccc1)c1ccc(C2CNNC2)cc1CCO. The molecule has 0 radical (unpaired) electrons. The van der Waals surface area contributed by atoms with Crippen molar-refractivity contribution in [3.63, 3.8) is 0 Å². The number of hydrogen-bond acceptors (Lipinski definition) is 4. The molecular formula is C19H23N3O2. The minimum atomic E-state index is -0.100. The van der Waals surface area contributed by atoms with Crippen LogP contribution in [-0.4, -0.2) is 30.7 Å². The van der Waals surface area contributed by atoms with Crippen LogP contribution in [0, 0.1) is 0 Å². The Bertz CT molecular complexity index is 682. The maximum absolute atomic E-state index is 12.5. The average molecular weight is 325 g/mol. The Hall–Kier alpha value is -2.21. The highest BCUT2D eigenvalue weighted by Crippen LogP contribution is 2.21. The first kappa shape index (κ1) is 16.6. The van der Waals surface area contributed by atoms with Gasteiger partial charge in [0.25, 0.3) is 5.91 Å². The highest BCUT2D eigenvalue weighted by Gasteiger charge is 2.19. The predicted octanol–water partition coefficient (Wildman–Crippen LogP) is 1.34. The van der Waals surface area contributed by atoms with E-state index in [-0.39, 0.29) is 12.5 Å². The minimum absolute atomic E-state index is 0.0313. The zero-order valence-corrected chi connectivity index (χ0v) is 13.6. The molecule has 0 spiro atoms. The molecule has 2 aromatic rings. The molecule has 126 valence electrons. The lowest BCUT2D eigenvalue weighted by atomic mass is 9.94. The summed E-state index contributed by atoms with van der Waals surface area (Å²) < 4.78 is 0. The van der Waals surface area contributed by atoms with E-state index in [2.05, 4.69) is 16.2 Å². The van der Waals surface area contributed by atoms with Gasteiger partial charge in [-0.25, -0.2) is 0 Å². The molecule has 1 heterocycles. The fourth-order valence-corrected chi connectivity index (χ4v) is 2.99. The van der Waals surface area contributed by atoms with E-state index >= 15 is 0 Å². The van der Waals surface area contributed by atoms with Crippen molar-refractivity contribution in [2.75, 3.05) is 19.7 Å². The largest absolute Gasteiger partial charge is 0.396 e. The molecule has 0 aliphatic carbocycles. The molecule has 5 nitrogen and oxygen atoms in total. The lowest BCUT2D eigenvalue weighted by molar-refractivity contribution is 0.0949. The molecule has 4 N–H and O–H groups in total. The molecule has 0 unspecified atom stereocenters. The van der Waals surface area contributed by atoms with Crippen molar-refractivity contribution in [3.05, 3.63) is 70.8 Å². The second kappa shape index (κ2) is 8.06. The summed E-state index contributed by atoms with van der Waals surface area (Å²) in [5.41, 5.74) is 10.0. The van der Waals surface area contributed by atoms with Gasteiger partial charge in [-0.15, -0.1) is 0 Å². The maximum Gasteiger partial charge on any atom is 0.251 e. The summed E-state index contributed by atoms with van der Waals surface area (Å²) >= 11 is 0. The molecule has 5 heteroatoms. The Morgan fingerprint density at radius 3 is 2.58 bits per heavy atom. The first-order chi connectivity index (χ1) is 11.8. The van der Waals surface area contributed by atoms with Crippen LogP contribution < -0.4 is 16.2 Å². The summed E-state index contributed by atoms with van der Waals surface area (Å²) in [5, 5.41) is 12.3. The van der Waals surface area contributed by atoms with Crippen LogP contribution in [0.4, 0.5) is 0 Å². The Labute approximate surface area is 142 Å². The van der Waals surface area contributed by atoms with Crippen LogP contribution in [0.1, 0.15) is 33.0 Å². The third-order valence-corrected chi connectivity index (χ3v) is 4.34. The molecule has 1 aliphatic heterocycles. The van der Waals surface area contributed by atoms with E-state index in [1.165, 1.54) is 5.56 Å². The predicted molar refractivity (Wildman–Crippen MR) is 93.6 cm³/mol. The molecule has 24 heavy (non-hydrogen) atoms. The monoisotopic (exact) mass is 325 g/mol. The van der Waals surface area contributed by atoms with E-state index in [0.29, 0.717) is 24.4 Å². The minimum Gasteiger partial charge on any atom is -0.396 e. The number of rotatable bonds is 6. The van der Waals surface area contributed by atoms with Crippen molar-refractivity contribution in [3.8, 4) is 0 Å². The quantitative estimate of drug-likeness (QED) is 0.647. The average Bonchev–Trinajstić information content (AvgIpc) is 3.15. The fraction of sp³-hybridized carbons (Fsp3) is 0.316. The summed E-state index contributed by atoms with van der Waals surface area (Å²) in [6.07, 6.45) is 0.482. The van der Waals surface area contributed by atoms with Crippen LogP contribution in [0.5, 0.6) is 0 Å². The molecule has 0 aromatic heterocycles. The van der Waals surface area contributed by atoms with Crippen LogP contribution in [0.2, 0.25) is 0 Å². The number of carbonyl (C=O) groups is 1. The molecule has 1 saturated heterocycles. The van der Waals surface area contributed by atoms with Gasteiger partial charge in [0.1, 0.15) is 0 Å². The van der Waals surface area contributed by atoms with Crippen LogP contribution >= 0.6 is 0 Å². The van der Waals surface area contributed by atoms with E-state index in [0.717, 1.165) is 24.2 Å². The van der Waals surface area contributed by atoms with Gasteiger partial charge < -0.3 is 10.4 Å². The van der Waals surface area contributed by atoms with Gasteiger partial charge in [0, 0.05) is 37.7 Å². The lowest BCUT2D eigenvalue weighted by Gasteiger charge is -2.14. The summed E-state index contributed by atoms with van der Waals surface area (Å²) in [6.45, 7) is 2.27. The van der Waals surface area contributed by atoms with Crippen LogP contribution in [0.15, 0.2) is 48.5 Å². The second-order valence-electron chi connectivity index (χ2n) is 6.02. The zero-order valence-electron chi connectivity index (χ0n) is 13.6. The van der Waals surface area contributed by atoms with Gasteiger partial charge >= 0.3 is 0 Å². The van der Waals surface area contributed by atoms with E-state index in [1.54, 1.807) is 0 Å². The highest BCUT2D eigenvalue weighted by molar-refractivity contribution is 5.95. The van der Waals surface area contributed by atoms with Crippen LogP contribution in [0.3, 0.4) is 0 Å². The van der Waals surface area contributed by atoms with E-state index < -0.39 is 0 Å². The third-order valence-electron chi connectivity index (χ3n) is 4.34. The molecule has 2 aromatic carbocycles. The summed E-state index contributed by atoms with van der Waals surface area (Å²) in [5.74, 6) is 0.292. The molecule has 1 amide bonds. The number of hydrazine groups is 1. The summed E-state index contributed by atoms with van der Waals surface area (Å²) in [6, 6.07) is 15.8. The highest BCUT2D eigenvalue weighted by atomic mass is 16.3. The van der Waals surface area contributed by atoms with Gasteiger partial charge in [0.05, 0.1) is 0 Å². The van der Waals surface area contributed by atoms with Crippen LogP contribution in [-0.2, 0) is 13.0 Å². The van der Waals surface area contributed by atoms with Crippen molar-refractivity contribution < 1.29 is 9.90 Å². The van der Waals surface area contributed by atoms with Gasteiger partial charge in [-0.2, -0.15) is 0 Å². The zero-order chi connectivity index (χ0) is 16.8. The number of nitrogens with one attached hydrogen (secondary N) is 3. The van der Waals surface area contributed by atoms with E-state index in [9.17, 15) is 9.90 Å². The Morgan fingerprint density at radius 1 is 1.12 bits per heavy atom. The van der Waals surface area contributed by atoms with Crippen LogP contribution in [0.25, 0.3) is 0 Å². The molecule has 3 rings (SSSR count). The molecule has 0 bridgehead atoms. The summed E-state index contributed by atoms with van der Waals surface area (Å²) in [7, 11) is 0. The Balaban J connectivity index is 1.74. The maximum atomic E-state index is 12.5. The standard InChI is InChI=1S/C19H23N3O2/c23-9-8-16-10-15(17-12-21-22-13-17)6-7-18(16)19(24)20-11-14-4-2-1-3-5-14/h1-7,10,17,21-23H,8-9,11-13H2,(H,20,24).